The van der Waals surface area contributed by atoms with E-state index in [0.29, 0.717) is 0 Å². The van der Waals surface area contributed by atoms with Crippen molar-refractivity contribution in [3.63, 3.8) is 0 Å². The van der Waals surface area contributed by atoms with E-state index in [1.165, 1.54) is 44.6 Å². The van der Waals surface area contributed by atoms with Gasteiger partial charge in [0.1, 0.15) is 0 Å². The quantitative estimate of drug-likeness (QED) is 0.337. The molecule has 1 aliphatic rings. The zero-order valence-electron chi connectivity index (χ0n) is 17.5. The summed E-state index contributed by atoms with van der Waals surface area (Å²) in [5.41, 5.74) is -0.490. The van der Waals surface area contributed by atoms with Crippen LogP contribution in [0.3, 0.4) is 0 Å². The monoisotopic (exact) mass is 356 g/mol. The van der Waals surface area contributed by atoms with Gasteiger partial charge in [-0.05, 0) is 54.1 Å². The van der Waals surface area contributed by atoms with Crippen molar-refractivity contribution in [3.05, 3.63) is 0 Å². The van der Waals surface area contributed by atoms with E-state index in [-0.39, 0.29) is 24.4 Å². The lowest BCUT2D eigenvalue weighted by atomic mass is 9.90. The first-order valence-electron chi connectivity index (χ1n) is 10.0. The van der Waals surface area contributed by atoms with Crippen LogP contribution in [0.1, 0.15) is 87.0 Å². The van der Waals surface area contributed by atoms with Gasteiger partial charge in [-0.15, -0.1) is 0 Å². The predicted molar refractivity (Wildman–Crippen MR) is 107 cm³/mol. The molecule has 1 atom stereocenters. The van der Waals surface area contributed by atoms with Gasteiger partial charge in [-0.25, -0.2) is 0 Å². The number of hydrogen-bond donors (Lipinski definition) is 0. The molecular weight excluding hydrogens is 315 g/mol. The molecule has 0 bridgehead atoms. The summed E-state index contributed by atoms with van der Waals surface area (Å²) in [4.78, 5) is 0. The van der Waals surface area contributed by atoms with Crippen molar-refractivity contribution in [2.75, 3.05) is 0 Å². The normalized spacial score (nSPS) is 22.1. The summed E-state index contributed by atoms with van der Waals surface area (Å²) in [6, 6.07) is 1.21. The van der Waals surface area contributed by atoms with Crippen LogP contribution in [-0.4, -0.2) is 32.7 Å². The molecule has 1 rings (SSSR count). The summed E-state index contributed by atoms with van der Waals surface area (Å²) in [5, 5.41) is 0. The van der Waals surface area contributed by atoms with Crippen LogP contribution in [-0.2, 0) is 13.7 Å². The topological polar surface area (TPSA) is 27.7 Å². The third-order valence-electron chi connectivity index (χ3n) is 5.48. The molecule has 1 heterocycles. The minimum Gasteiger partial charge on any atom is -0.415 e. The molecule has 1 saturated heterocycles. The molecule has 1 unspecified atom stereocenters. The highest BCUT2D eigenvalue weighted by Gasteiger charge is 2.53. The Morgan fingerprint density at radius 3 is 1.92 bits per heavy atom. The van der Waals surface area contributed by atoms with E-state index < -0.39 is 8.32 Å². The maximum atomic E-state index is 6.44. The van der Waals surface area contributed by atoms with Gasteiger partial charge >= 0.3 is 7.12 Å². The molecule has 3 nitrogen and oxygen atoms in total. The minimum atomic E-state index is -1.82. The fourth-order valence-electron chi connectivity index (χ4n) is 3.46. The lowest BCUT2D eigenvalue weighted by Gasteiger charge is -2.32. The summed E-state index contributed by atoms with van der Waals surface area (Å²) in [6.07, 6.45) is 8.29. The largest absolute Gasteiger partial charge is 0.457 e. The maximum absolute atomic E-state index is 6.44. The molecule has 0 aliphatic carbocycles. The van der Waals surface area contributed by atoms with Crippen LogP contribution in [0.2, 0.25) is 18.5 Å². The molecule has 1 aliphatic heterocycles. The van der Waals surface area contributed by atoms with Crippen molar-refractivity contribution in [1.29, 1.82) is 0 Å². The zero-order chi connectivity index (χ0) is 18.4. The number of unbranched alkanes of at least 4 members (excludes halogenated alkanes) is 5. The van der Waals surface area contributed by atoms with Crippen LogP contribution in [0.5, 0.6) is 0 Å². The lowest BCUT2D eigenvalue weighted by Crippen LogP contribution is -2.42. The van der Waals surface area contributed by atoms with Crippen LogP contribution >= 0.6 is 0 Å². The second-order valence-electron chi connectivity index (χ2n) is 9.02. The molecule has 0 aromatic carbocycles. The summed E-state index contributed by atoms with van der Waals surface area (Å²) >= 11 is 0. The van der Waals surface area contributed by atoms with Gasteiger partial charge in [-0.2, -0.15) is 0 Å². The Morgan fingerprint density at radius 1 is 0.917 bits per heavy atom. The second-order valence-corrected chi connectivity index (χ2v) is 13.1. The van der Waals surface area contributed by atoms with Gasteiger partial charge in [0.15, 0.2) is 8.32 Å². The lowest BCUT2D eigenvalue weighted by molar-refractivity contribution is 0.00578. The van der Waals surface area contributed by atoms with Crippen LogP contribution < -0.4 is 0 Å². The molecular formula is C19H41BO3Si. The fourth-order valence-corrected chi connectivity index (χ4v) is 6.88. The third kappa shape index (κ3) is 6.81. The summed E-state index contributed by atoms with van der Waals surface area (Å²) < 4.78 is 18.9. The molecule has 1 fully saturated rings. The molecule has 24 heavy (non-hydrogen) atoms. The fraction of sp³-hybridized carbons (Fsp3) is 1.00. The van der Waals surface area contributed by atoms with Crippen molar-refractivity contribution in [2.24, 2.45) is 0 Å². The van der Waals surface area contributed by atoms with Crippen LogP contribution in [0, 0.1) is 0 Å². The van der Waals surface area contributed by atoms with Crippen molar-refractivity contribution in [1.82, 2.24) is 0 Å². The van der Waals surface area contributed by atoms with Crippen LogP contribution in [0.4, 0.5) is 0 Å². The van der Waals surface area contributed by atoms with Crippen molar-refractivity contribution >= 4 is 15.4 Å². The van der Waals surface area contributed by atoms with Gasteiger partial charge in [0.25, 0.3) is 0 Å². The Hall–Kier alpha value is 0.162. The molecule has 0 spiro atoms. The highest BCUT2D eigenvalue weighted by atomic mass is 28.4. The summed E-state index contributed by atoms with van der Waals surface area (Å²) in [6.45, 7) is 17.4. The van der Waals surface area contributed by atoms with Crippen molar-refractivity contribution in [3.8, 4) is 0 Å². The van der Waals surface area contributed by atoms with Gasteiger partial charge in [-0.3, -0.25) is 0 Å². The number of rotatable bonds is 11. The van der Waals surface area contributed by atoms with E-state index in [1.807, 2.05) is 0 Å². The molecule has 0 N–H and O–H groups in total. The minimum absolute atomic E-state index is 0.120. The Labute approximate surface area is 152 Å². The molecule has 0 amide bonds. The second kappa shape index (κ2) is 9.20. The Balaban J connectivity index is 2.55. The first-order chi connectivity index (χ1) is 11.0. The SMILES string of the molecule is CCCCCCCC[Si](C)(CB1OC(C)(C)C(C)(C)O1)OC(C)C. The van der Waals surface area contributed by atoms with Crippen LogP contribution in [0.15, 0.2) is 0 Å². The Morgan fingerprint density at radius 2 is 1.42 bits per heavy atom. The first kappa shape index (κ1) is 22.2. The van der Waals surface area contributed by atoms with Gasteiger partial charge in [0.05, 0.1) is 11.2 Å². The number of hydrogen-bond acceptors (Lipinski definition) is 3. The van der Waals surface area contributed by atoms with E-state index in [0.717, 1.165) is 5.94 Å². The average Bonchev–Trinajstić information content (AvgIpc) is 2.60. The summed E-state index contributed by atoms with van der Waals surface area (Å²) in [7, 11) is -1.94. The standard InChI is InChI=1S/C19H41BO3Si/c1-9-10-11-12-13-14-15-24(8,21-17(2)3)16-20-22-18(4,5)19(6,7)23-20/h17H,9-16H2,1-8H3. The summed E-state index contributed by atoms with van der Waals surface area (Å²) in [5.74, 6) is 0.938. The van der Waals surface area contributed by atoms with E-state index >= 15 is 0 Å². The smallest absolute Gasteiger partial charge is 0.415 e. The molecule has 0 radical (unpaired) electrons. The van der Waals surface area contributed by atoms with Crippen molar-refractivity contribution < 1.29 is 13.7 Å². The van der Waals surface area contributed by atoms with E-state index in [9.17, 15) is 0 Å². The Bertz CT molecular complexity index is 358. The molecule has 5 heteroatoms. The van der Waals surface area contributed by atoms with E-state index in [4.69, 9.17) is 13.7 Å². The van der Waals surface area contributed by atoms with Crippen molar-refractivity contribution in [2.45, 2.75) is 123 Å². The van der Waals surface area contributed by atoms with Crippen LogP contribution in [0.25, 0.3) is 0 Å². The van der Waals surface area contributed by atoms with E-state index in [2.05, 4.69) is 55.0 Å². The molecule has 0 aromatic rings. The molecule has 0 saturated carbocycles. The van der Waals surface area contributed by atoms with Gasteiger partial charge in [0.2, 0.25) is 0 Å². The maximum Gasteiger partial charge on any atom is 0.457 e. The highest BCUT2D eigenvalue weighted by Crippen LogP contribution is 2.39. The zero-order valence-corrected chi connectivity index (χ0v) is 18.5. The van der Waals surface area contributed by atoms with Gasteiger partial charge in [-0.1, -0.05) is 45.4 Å². The first-order valence-corrected chi connectivity index (χ1v) is 12.9. The third-order valence-corrected chi connectivity index (χ3v) is 9.13. The average molecular weight is 356 g/mol. The molecule has 142 valence electrons. The van der Waals surface area contributed by atoms with E-state index in [1.54, 1.807) is 0 Å². The van der Waals surface area contributed by atoms with Gasteiger partial charge < -0.3 is 13.7 Å². The highest BCUT2D eigenvalue weighted by molar-refractivity contribution is 6.82. The molecule has 0 aromatic heterocycles. The predicted octanol–water partition coefficient (Wildman–Crippen LogP) is 5.98. The Kier molecular flexibility index (Phi) is 8.51. The van der Waals surface area contributed by atoms with Gasteiger partial charge in [0, 0.05) is 12.0 Å².